The number of ether oxygens (including phenoxy) is 4. The molecule has 1 fully saturated rings. The Labute approximate surface area is 178 Å². The Kier molecular flexibility index (Phi) is 7.00. The summed E-state index contributed by atoms with van der Waals surface area (Å²) in [5, 5.41) is 0. The summed E-state index contributed by atoms with van der Waals surface area (Å²) < 4.78 is 23.9. The summed E-state index contributed by atoms with van der Waals surface area (Å²) in [5.74, 6) is 0.902. The van der Waals surface area contributed by atoms with Crippen LogP contribution in [0.25, 0.3) is 0 Å². The van der Waals surface area contributed by atoms with Gasteiger partial charge in [-0.25, -0.2) is 0 Å². The van der Waals surface area contributed by atoms with Crippen molar-refractivity contribution < 1.29 is 23.7 Å². The molecule has 0 spiro atoms. The van der Waals surface area contributed by atoms with Crippen LogP contribution >= 0.6 is 0 Å². The Balaban J connectivity index is 1.93. The van der Waals surface area contributed by atoms with E-state index in [1.54, 1.807) is 6.92 Å². The van der Waals surface area contributed by atoms with E-state index in [1.807, 2.05) is 52.0 Å². The van der Waals surface area contributed by atoms with Gasteiger partial charge in [0.05, 0.1) is 13.2 Å². The number of aryl methyl sites for hydroxylation is 4. The second-order valence-electron chi connectivity index (χ2n) is 8.17. The van der Waals surface area contributed by atoms with Gasteiger partial charge in [0.1, 0.15) is 23.6 Å². The first kappa shape index (κ1) is 22.1. The molecule has 0 bridgehead atoms. The first-order valence-electron chi connectivity index (χ1n) is 10.2. The molecule has 2 aromatic carbocycles. The standard InChI is InChI=1S/C24H31NO5/c1-14-6-15(2)9-19(8-14)29-22-13-27-12-21(25)24(26)28-18(5)23(22)30-20-10-16(3)7-17(4)11-20/h6-11,18,21-23H,12-13,25H2,1-5H3/t18-,21-,22-,23-/m0/s1. The van der Waals surface area contributed by atoms with Crippen LogP contribution in [0.4, 0.5) is 0 Å². The minimum Gasteiger partial charge on any atom is -0.484 e. The zero-order valence-electron chi connectivity index (χ0n) is 18.3. The quantitative estimate of drug-likeness (QED) is 0.774. The molecule has 0 unspecified atom stereocenters. The number of benzene rings is 2. The largest absolute Gasteiger partial charge is 0.484 e. The monoisotopic (exact) mass is 413 g/mol. The van der Waals surface area contributed by atoms with E-state index < -0.39 is 30.3 Å². The van der Waals surface area contributed by atoms with Crippen LogP contribution in [0.15, 0.2) is 36.4 Å². The number of rotatable bonds is 4. The second-order valence-corrected chi connectivity index (χ2v) is 8.17. The number of nitrogens with two attached hydrogens (primary N) is 1. The van der Waals surface area contributed by atoms with Crippen molar-refractivity contribution in [2.45, 2.75) is 59.0 Å². The van der Waals surface area contributed by atoms with Crippen molar-refractivity contribution in [3.05, 3.63) is 58.7 Å². The third-order valence-electron chi connectivity index (χ3n) is 4.96. The van der Waals surface area contributed by atoms with Crippen molar-refractivity contribution >= 4 is 5.97 Å². The summed E-state index contributed by atoms with van der Waals surface area (Å²) >= 11 is 0. The van der Waals surface area contributed by atoms with Gasteiger partial charge in [-0.3, -0.25) is 4.79 Å². The lowest BCUT2D eigenvalue weighted by molar-refractivity contribution is -0.156. The van der Waals surface area contributed by atoms with Gasteiger partial charge >= 0.3 is 5.97 Å². The van der Waals surface area contributed by atoms with Crippen LogP contribution in [0.5, 0.6) is 11.5 Å². The summed E-state index contributed by atoms with van der Waals surface area (Å²) in [7, 11) is 0. The molecular formula is C24H31NO5. The molecule has 0 radical (unpaired) electrons. The molecule has 0 saturated carbocycles. The van der Waals surface area contributed by atoms with E-state index in [9.17, 15) is 4.79 Å². The maximum absolute atomic E-state index is 12.3. The summed E-state index contributed by atoms with van der Waals surface area (Å²) in [5.41, 5.74) is 10.2. The molecule has 1 aliphatic rings. The van der Waals surface area contributed by atoms with E-state index in [1.165, 1.54) is 0 Å². The number of esters is 1. The van der Waals surface area contributed by atoms with Crippen LogP contribution < -0.4 is 15.2 Å². The van der Waals surface area contributed by atoms with Gasteiger partial charge in [0, 0.05) is 0 Å². The summed E-state index contributed by atoms with van der Waals surface area (Å²) in [6.07, 6.45) is -1.66. The molecule has 6 heteroatoms. The highest BCUT2D eigenvalue weighted by atomic mass is 16.6. The van der Waals surface area contributed by atoms with E-state index in [4.69, 9.17) is 24.7 Å². The van der Waals surface area contributed by atoms with Gasteiger partial charge in [-0.15, -0.1) is 0 Å². The van der Waals surface area contributed by atoms with E-state index in [2.05, 4.69) is 12.1 Å². The van der Waals surface area contributed by atoms with Gasteiger partial charge in [0.2, 0.25) is 0 Å². The summed E-state index contributed by atoms with van der Waals surface area (Å²) in [6, 6.07) is 11.2. The van der Waals surface area contributed by atoms with Crippen molar-refractivity contribution in [3.63, 3.8) is 0 Å². The number of carbonyl (C=O) groups excluding carboxylic acids is 1. The molecule has 2 N–H and O–H groups in total. The Morgan fingerprint density at radius 2 is 1.33 bits per heavy atom. The van der Waals surface area contributed by atoms with Crippen LogP contribution in [0.2, 0.25) is 0 Å². The van der Waals surface area contributed by atoms with Crippen LogP contribution in [0.3, 0.4) is 0 Å². The van der Waals surface area contributed by atoms with Crippen molar-refractivity contribution in [3.8, 4) is 11.5 Å². The normalized spacial score (nSPS) is 24.9. The third-order valence-corrected chi connectivity index (χ3v) is 4.96. The maximum Gasteiger partial charge on any atom is 0.325 e. The lowest BCUT2D eigenvalue weighted by Gasteiger charge is -2.31. The molecule has 0 amide bonds. The zero-order chi connectivity index (χ0) is 21.8. The minimum absolute atomic E-state index is 0.0640. The smallest absolute Gasteiger partial charge is 0.325 e. The average molecular weight is 414 g/mol. The molecule has 2 aromatic rings. The van der Waals surface area contributed by atoms with Crippen LogP contribution in [0.1, 0.15) is 29.2 Å². The molecule has 1 heterocycles. The molecular weight excluding hydrogens is 382 g/mol. The number of hydrogen-bond donors (Lipinski definition) is 1. The first-order valence-corrected chi connectivity index (χ1v) is 10.2. The van der Waals surface area contributed by atoms with Crippen LogP contribution in [0, 0.1) is 27.7 Å². The Morgan fingerprint density at radius 3 is 1.87 bits per heavy atom. The Bertz CT molecular complexity index is 857. The number of hydrogen-bond acceptors (Lipinski definition) is 6. The third kappa shape index (κ3) is 5.74. The van der Waals surface area contributed by atoms with E-state index >= 15 is 0 Å². The number of carbonyl (C=O) groups is 1. The van der Waals surface area contributed by atoms with Crippen LogP contribution in [-0.2, 0) is 14.3 Å². The highest BCUT2D eigenvalue weighted by Gasteiger charge is 2.36. The lowest BCUT2D eigenvalue weighted by atomic mass is 10.1. The van der Waals surface area contributed by atoms with E-state index in [-0.39, 0.29) is 13.2 Å². The molecule has 6 nitrogen and oxygen atoms in total. The molecule has 4 atom stereocenters. The molecule has 0 aromatic heterocycles. The fraction of sp³-hybridized carbons (Fsp3) is 0.458. The summed E-state index contributed by atoms with van der Waals surface area (Å²) in [6.45, 7) is 10.1. The van der Waals surface area contributed by atoms with E-state index in [0.29, 0.717) is 5.75 Å². The van der Waals surface area contributed by atoms with Gasteiger partial charge in [-0.2, -0.15) is 0 Å². The first-order chi connectivity index (χ1) is 14.2. The van der Waals surface area contributed by atoms with E-state index in [0.717, 1.165) is 28.0 Å². The van der Waals surface area contributed by atoms with Crippen molar-refractivity contribution in [1.82, 2.24) is 0 Å². The van der Waals surface area contributed by atoms with Gasteiger partial charge in [0.15, 0.2) is 12.2 Å². The fourth-order valence-electron chi connectivity index (χ4n) is 3.72. The molecule has 1 aliphatic heterocycles. The molecule has 3 rings (SSSR count). The minimum atomic E-state index is -0.839. The summed E-state index contributed by atoms with van der Waals surface area (Å²) in [4.78, 5) is 12.3. The molecule has 1 saturated heterocycles. The lowest BCUT2D eigenvalue weighted by Crippen LogP contribution is -2.48. The topological polar surface area (TPSA) is 80.0 Å². The maximum atomic E-state index is 12.3. The highest BCUT2D eigenvalue weighted by Crippen LogP contribution is 2.25. The molecule has 30 heavy (non-hydrogen) atoms. The second kappa shape index (κ2) is 9.49. The Morgan fingerprint density at radius 1 is 0.833 bits per heavy atom. The van der Waals surface area contributed by atoms with Crippen molar-refractivity contribution in [2.24, 2.45) is 5.73 Å². The molecule has 0 aliphatic carbocycles. The van der Waals surface area contributed by atoms with Gasteiger partial charge in [-0.1, -0.05) is 12.1 Å². The number of cyclic esters (lactones) is 1. The van der Waals surface area contributed by atoms with Crippen LogP contribution in [-0.4, -0.2) is 43.5 Å². The average Bonchev–Trinajstić information content (AvgIpc) is 2.67. The molecule has 162 valence electrons. The van der Waals surface area contributed by atoms with Gasteiger partial charge < -0.3 is 24.7 Å². The highest BCUT2D eigenvalue weighted by molar-refractivity contribution is 5.75. The SMILES string of the molecule is Cc1cc(C)cc(O[C@H]2[C@H](C)OC(=O)[C@@H](N)COC[C@@H]2Oc2cc(C)cc(C)c2)c1. The predicted molar refractivity (Wildman–Crippen MR) is 115 cm³/mol. The van der Waals surface area contributed by atoms with Crippen molar-refractivity contribution in [1.29, 1.82) is 0 Å². The fourth-order valence-corrected chi connectivity index (χ4v) is 3.72. The Hall–Kier alpha value is -2.57. The van der Waals surface area contributed by atoms with Gasteiger partial charge in [-0.05, 0) is 81.1 Å². The van der Waals surface area contributed by atoms with Crippen molar-refractivity contribution in [2.75, 3.05) is 13.2 Å². The predicted octanol–water partition coefficient (Wildman–Crippen LogP) is 3.40. The van der Waals surface area contributed by atoms with Gasteiger partial charge in [0.25, 0.3) is 0 Å². The zero-order valence-corrected chi connectivity index (χ0v) is 18.3.